The van der Waals surface area contributed by atoms with Crippen molar-refractivity contribution in [1.82, 2.24) is 9.97 Å². The van der Waals surface area contributed by atoms with E-state index in [1.807, 2.05) is 0 Å². The molecule has 1 aromatic heterocycles. The molecule has 7 heteroatoms. The predicted molar refractivity (Wildman–Crippen MR) is 63.1 cm³/mol. The first-order valence-electron chi connectivity index (χ1n) is 5.81. The highest BCUT2D eigenvalue weighted by molar-refractivity contribution is 5.95. The van der Waals surface area contributed by atoms with E-state index in [2.05, 4.69) is 15.3 Å². The maximum absolute atomic E-state index is 12.2. The summed E-state index contributed by atoms with van der Waals surface area (Å²) in [4.78, 5) is 31.1. The summed E-state index contributed by atoms with van der Waals surface area (Å²) in [5, 5.41) is 11.7. The van der Waals surface area contributed by atoms with Crippen molar-refractivity contribution in [2.45, 2.75) is 12.2 Å². The number of carboxylic acid groups (broad SMARTS) is 1. The molecule has 19 heavy (non-hydrogen) atoms. The Balaban J connectivity index is 1.79. The van der Waals surface area contributed by atoms with E-state index >= 15 is 0 Å². The van der Waals surface area contributed by atoms with Gasteiger partial charge in [0, 0.05) is 12.4 Å². The zero-order valence-corrected chi connectivity index (χ0v) is 9.76. The number of ether oxygens (including phenoxy) is 1. The predicted octanol–water partition coefficient (Wildman–Crippen LogP) is 0.0693. The van der Waals surface area contributed by atoms with Gasteiger partial charge in [0.25, 0.3) is 0 Å². The number of rotatable bonds is 3. The number of hydrogen-bond donors (Lipinski definition) is 2. The number of nitrogens with zero attached hydrogens (tertiary/aromatic N) is 2. The highest BCUT2D eigenvalue weighted by Gasteiger charge is 2.53. The van der Waals surface area contributed by atoms with Crippen LogP contribution in [-0.4, -0.2) is 39.2 Å². The van der Waals surface area contributed by atoms with Crippen molar-refractivity contribution in [2.24, 2.45) is 11.8 Å². The second-order valence-corrected chi connectivity index (χ2v) is 4.40. The molecule has 0 aliphatic carbocycles. The zero-order valence-electron chi connectivity index (χ0n) is 9.76. The molecule has 2 aliphatic rings. The second-order valence-electron chi connectivity index (χ2n) is 4.40. The Morgan fingerprint density at radius 2 is 1.79 bits per heavy atom. The van der Waals surface area contributed by atoms with Gasteiger partial charge in [-0.05, 0) is 6.07 Å². The quantitative estimate of drug-likeness (QED) is 0.746. The van der Waals surface area contributed by atoms with Gasteiger partial charge >= 0.3 is 5.97 Å². The van der Waals surface area contributed by atoms with Crippen molar-refractivity contribution in [3.63, 3.8) is 0 Å². The maximum atomic E-state index is 12.2. The smallest absolute Gasteiger partial charge is 0.310 e. The Morgan fingerprint density at radius 3 is 2.42 bits per heavy atom. The van der Waals surface area contributed by atoms with E-state index in [0.29, 0.717) is 0 Å². The molecule has 2 N–H and O–H groups in total. The highest BCUT2D eigenvalue weighted by atomic mass is 16.5. The van der Waals surface area contributed by atoms with E-state index in [-0.39, 0.29) is 5.95 Å². The van der Waals surface area contributed by atoms with Crippen LogP contribution in [0.2, 0.25) is 0 Å². The minimum Gasteiger partial charge on any atom is -0.481 e. The SMILES string of the molecule is O=C(O)[C@@H]1[C@H](C(=O)Nc2ncccn2)[C@@H]2C=C[C@H]1O2. The molecule has 1 saturated heterocycles. The third-order valence-electron chi connectivity index (χ3n) is 3.29. The molecule has 1 fully saturated rings. The van der Waals surface area contributed by atoms with Gasteiger partial charge in [-0.3, -0.25) is 14.9 Å². The molecule has 0 spiro atoms. The number of hydrogen-bond acceptors (Lipinski definition) is 5. The first-order valence-corrected chi connectivity index (χ1v) is 5.81. The summed E-state index contributed by atoms with van der Waals surface area (Å²) in [6.07, 6.45) is 5.37. The van der Waals surface area contributed by atoms with Gasteiger partial charge in [-0.1, -0.05) is 12.2 Å². The summed E-state index contributed by atoms with van der Waals surface area (Å²) in [5.74, 6) is -2.93. The van der Waals surface area contributed by atoms with Gasteiger partial charge in [0.05, 0.1) is 18.1 Å². The topological polar surface area (TPSA) is 101 Å². The third-order valence-corrected chi connectivity index (χ3v) is 3.29. The minimum atomic E-state index is -1.04. The molecule has 2 aliphatic heterocycles. The van der Waals surface area contributed by atoms with Crippen molar-refractivity contribution >= 4 is 17.8 Å². The number of carbonyl (C=O) groups excluding carboxylic acids is 1. The summed E-state index contributed by atoms with van der Waals surface area (Å²) in [7, 11) is 0. The van der Waals surface area contributed by atoms with E-state index < -0.39 is 35.9 Å². The van der Waals surface area contributed by atoms with Gasteiger partial charge in [-0.15, -0.1) is 0 Å². The molecule has 2 bridgehead atoms. The van der Waals surface area contributed by atoms with E-state index in [4.69, 9.17) is 4.74 Å². The molecule has 3 rings (SSSR count). The fourth-order valence-corrected chi connectivity index (χ4v) is 2.47. The van der Waals surface area contributed by atoms with Crippen LogP contribution < -0.4 is 5.32 Å². The van der Waals surface area contributed by atoms with E-state index in [9.17, 15) is 14.7 Å². The molecular weight excluding hydrogens is 250 g/mol. The second kappa shape index (κ2) is 4.43. The Kier molecular flexibility index (Phi) is 2.75. The number of fused-ring (bicyclic) bond motifs is 2. The summed E-state index contributed by atoms with van der Waals surface area (Å²) < 4.78 is 5.42. The number of aromatic nitrogens is 2. The van der Waals surface area contributed by atoms with Gasteiger partial charge < -0.3 is 9.84 Å². The summed E-state index contributed by atoms with van der Waals surface area (Å²) in [6.45, 7) is 0. The van der Waals surface area contributed by atoms with Gasteiger partial charge in [0.1, 0.15) is 5.92 Å². The number of aliphatic carboxylic acids is 1. The van der Waals surface area contributed by atoms with Crippen LogP contribution in [0.3, 0.4) is 0 Å². The Labute approximate surface area is 108 Å². The van der Waals surface area contributed by atoms with Crippen LogP contribution in [0.15, 0.2) is 30.6 Å². The monoisotopic (exact) mass is 261 g/mol. The Bertz CT molecular complexity index is 545. The van der Waals surface area contributed by atoms with Crippen LogP contribution in [0.25, 0.3) is 0 Å². The van der Waals surface area contributed by atoms with Crippen LogP contribution in [-0.2, 0) is 14.3 Å². The number of nitrogens with one attached hydrogen (secondary N) is 1. The maximum Gasteiger partial charge on any atom is 0.310 e. The lowest BCUT2D eigenvalue weighted by Crippen LogP contribution is -2.39. The van der Waals surface area contributed by atoms with Crippen molar-refractivity contribution in [2.75, 3.05) is 5.32 Å². The molecule has 3 heterocycles. The van der Waals surface area contributed by atoms with Crippen molar-refractivity contribution < 1.29 is 19.4 Å². The van der Waals surface area contributed by atoms with E-state index in [0.717, 1.165) is 0 Å². The molecule has 0 saturated carbocycles. The molecular formula is C12H11N3O4. The molecule has 98 valence electrons. The average Bonchev–Trinajstić information content (AvgIpc) is 2.99. The van der Waals surface area contributed by atoms with Crippen molar-refractivity contribution in [3.8, 4) is 0 Å². The Hall–Kier alpha value is -2.28. The van der Waals surface area contributed by atoms with Crippen molar-refractivity contribution in [1.29, 1.82) is 0 Å². The first kappa shape index (κ1) is 11.8. The normalized spacial score (nSPS) is 31.4. The zero-order chi connectivity index (χ0) is 13.4. The molecule has 0 radical (unpaired) electrons. The molecule has 4 atom stereocenters. The lowest BCUT2D eigenvalue weighted by molar-refractivity contribution is -0.145. The molecule has 7 nitrogen and oxygen atoms in total. The van der Waals surface area contributed by atoms with E-state index in [1.54, 1.807) is 18.2 Å². The van der Waals surface area contributed by atoms with Crippen LogP contribution in [0.1, 0.15) is 0 Å². The summed E-state index contributed by atoms with van der Waals surface area (Å²) in [6, 6.07) is 1.62. The van der Waals surface area contributed by atoms with Gasteiger partial charge in [-0.2, -0.15) is 0 Å². The molecule has 1 aromatic rings. The molecule has 0 aromatic carbocycles. The number of anilines is 1. The lowest BCUT2D eigenvalue weighted by atomic mass is 9.82. The molecule has 0 unspecified atom stereocenters. The van der Waals surface area contributed by atoms with Gasteiger partial charge in [0.2, 0.25) is 11.9 Å². The lowest BCUT2D eigenvalue weighted by Gasteiger charge is -2.20. The van der Waals surface area contributed by atoms with Crippen LogP contribution in [0.4, 0.5) is 5.95 Å². The molecule has 1 amide bonds. The van der Waals surface area contributed by atoms with Gasteiger partial charge in [0.15, 0.2) is 0 Å². The third kappa shape index (κ3) is 1.97. The standard InChI is InChI=1S/C12H11N3O4/c16-10(15-12-13-4-1-5-14-12)8-6-2-3-7(19-6)9(8)11(17)18/h1-9H,(H,17,18)(H,13,14,15,16)/t6-,7+,8+,9-/m0/s1. The largest absolute Gasteiger partial charge is 0.481 e. The highest BCUT2D eigenvalue weighted by Crippen LogP contribution is 2.39. The fraction of sp³-hybridized carbons (Fsp3) is 0.333. The number of carboxylic acids is 1. The van der Waals surface area contributed by atoms with Crippen LogP contribution in [0.5, 0.6) is 0 Å². The van der Waals surface area contributed by atoms with E-state index in [1.165, 1.54) is 12.4 Å². The first-order chi connectivity index (χ1) is 9.16. The minimum absolute atomic E-state index is 0.156. The number of carbonyl (C=O) groups is 2. The number of amides is 1. The summed E-state index contributed by atoms with van der Waals surface area (Å²) >= 11 is 0. The van der Waals surface area contributed by atoms with Crippen molar-refractivity contribution in [3.05, 3.63) is 30.6 Å². The Morgan fingerprint density at radius 1 is 1.16 bits per heavy atom. The summed E-state index contributed by atoms with van der Waals surface area (Å²) in [5.41, 5.74) is 0. The van der Waals surface area contributed by atoms with Crippen LogP contribution >= 0.6 is 0 Å². The average molecular weight is 261 g/mol. The van der Waals surface area contributed by atoms with Gasteiger partial charge in [-0.25, -0.2) is 9.97 Å². The fourth-order valence-electron chi connectivity index (χ4n) is 2.47. The van der Waals surface area contributed by atoms with Crippen LogP contribution in [0, 0.1) is 11.8 Å².